The van der Waals surface area contributed by atoms with Gasteiger partial charge in [-0.1, -0.05) is 11.6 Å². The standard InChI is InChI=1S/C16H19ClN4O3/c1-20-16(23)21-8-7-11(4-6-14(21)19-20)18-15(22)12-9-10(17)3-5-13(12)24-2/h3,5,9,11H,4,6-8H2,1-2H3,(H,18,22). The number of fused-ring (bicyclic) bond motifs is 1. The molecule has 24 heavy (non-hydrogen) atoms. The Kier molecular flexibility index (Phi) is 4.62. The lowest BCUT2D eigenvalue weighted by Crippen LogP contribution is -2.36. The van der Waals surface area contributed by atoms with Crippen LogP contribution in [0.2, 0.25) is 5.02 Å². The topological polar surface area (TPSA) is 78.2 Å². The molecule has 3 rings (SSSR count). The number of methoxy groups -OCH3 is 1. The summed E-state index contributed by atoms with van der Waals surface area (Å²) in [6.07, 6.45) is 2.05. The summed E-state index contributed by atoms with van der Waals surface area (Å²) < 4.78 is 8.25. The van der Waals surface area contributed by atoms with Gasteiger partial charge in [0.1, 0.15) is 11.6 Å². The highest BCUT2D eigenvalue weighted by Crippen LogP contribution is 2.23. The largest absolute Gasteiger partial charge is 0.496 e. The number of carbonyl (C=O) groups is 1. The number of ether oxygens (including phenoxy) is 1. The van der Waals surface area contributed by atoms with Gasteiger partial charge < -0.3 is 10.1 Å². The van der Waals surface area contributed by atoms with Crippen molar-refractivity contribution in [2.45, 2.75) is 31.8 Å². The van der Waals surface area contributed by atoms with Crippen LogP contribution in [0.3, 0.4) is 0 Å². The molecular weight excluding hydrogens is 332 g/mol. The first kappa shape index (κ1) is 16.6. The summed E-state index contributed by atoms with van der Waals surface area (Å²) in [5.74, 6) is 1.01. The van der Waals surface area contributed by atoms with Crippen LogP contribution >= 0.6 is 11.6 Å². The van der Waals surface area contributed by atoms with Crippen molar-refractivity contribution in [1.82, 2.24) is 19.7 Å². The van der Waals surface area contributed by atoms with Gasteiger partial charge in [0, 0.05) is 31.1 Å². The van der Waals surface area contributed by atoms with Gasteiger partial charge in [0.2, 0.25) is 0 Å². The van der Waals surface area contributed by atoms with Crippen LogP contribution < -0.4 is 15.7 Å². The zero-order chi connectivity index (χ0) is 17.3. The molecule has 1 N–H and O–H groups in total. The Balaban J connectivity index is 1.72. The maximum atomic E-state index is 12.6. The van der Waals surface area contributed by atoms with Crippen molar-refractivity contribution in [2.24, 2.45) is 7.05 Å². The SMILES string of the molecule is COc1ccc(Cl)cc1C(=O)NC1CCc2nn(C)c(=O)n2CC1. The summed E-state index contributed by atoms with van der Waals surface area (Å²) in [6, 6.07) is 4.90. The highest BCUT2D eigenvalue weighted by atomic mass is 35.5. The van der Waals surface area contributed by atoms with E-state index in [1.165, 1.54) is 11.8 Å². The van der Waals surface area contributed by atoms with Crippen molar-refractivity contribution < 1.29 is 9.53 Å². The molecule has 0 fully saturated rings. The molecule has 0 bridgehead atoms. The predicted octanol–water partition coefficient (Wildman–Crippen LogP) is 1.38. The van der Waals surface area contributed by atoms with E-state index >= 15 is 0 Å². The van der Waals surface area contributed by atoms with Gasteiger partial charge in [-0.2, -0.15) is 5.10 Å². The molecule has 0 spiro atoms. The first-order valence-corrected chi connectivity index (χ1v) is 8.14. The van der Waals surface area contributed by atoms with Crippen LogP contribution in [-0.4, -0.2) is 33.4 Å². The molecule has 1 aromatic carbocycles. The minimum atomic E-state index is -0.230. The Morgan fingerprint density at radius 2 is 2.21 bits per heavy atom. The van der Waals surface area contributed by atoms with Gasteiger partial charge >= 0.3 is 5.69 Å². The van der Waals surface area contributed by atoms with Crippen molar-refractivity contribution in [3.63, 3.8) is 0 Å². The lowest BCUT2D eigenvalue weighted by atomic mass is 10.1. The summed E-state index contributed by atoms with van der Waals surface area (Å²) >= 11 is 5.98. The van der Waals surface area contributed by atoms with E-state index in [0.29, 0.717) is 35.7 Å². The van der Waals surface area contributed by atoms with Crippen LogP contribution in [0.25, 0.3) is 0 Å². The predicted molar refractivity (Wildman–Crippen MR) is 89.7 cm³/mol. The molecular formula is C16H19ClN4O3. The van der Waals surface area contributed by atoms with E-state index in [9.17, 15) is 9.59 Å². The van der Waals surface area contributed by atoms with Crippen LogP contribution in [0.5, 0.6) is 5.75 Å². The average molecular weight is 351 g/mol. The van der Waals surface area contributed by atoms with Crippen LogP contribution in [-0.2, 0) is 20.0 Å². The number of amides is 1. The van der Waals surface area contributed by atoms with Crippen molar-refractivity contribution in [2.75, 3.05) is 7.11 Å². The zero-order valence-corrected chi connectivity index (χ0v) is 14.3. The molecule has 128 valence electrons. The van der Waals surface area contributed by atoms with E-state index in [-0.39, 0.29) is 17.6 Å². The zero-order valence-electron chi connectivity index (χ0n) is 13.6. The Bertz CT molecular complexity index is 827. The Hall–Kier alpha value is -2.28. The maximum absolute atomic E-state index is 12.6. The number of rotatable bonds is 3. The maximum Gasteiger partial charge on any atom is 0.345 e. The number of hydrogen-bond donors (Lipinski definition) is 1. The number of aromatic nitrogens is 3. The molecule has 1 amide bonds. The molecule has 1 aliphatic heterocycles. The Labute approximate surface area is 144 Å². The van der Waals surface area contributed by atoms with E-state index in [1.54, 1.807) is 29.8 Å². The van der Waals surface area contributed by atoms with Crippen molar-refractivity contribution in [1.29, 1.82) is 0 Å². The number of carbonyl (C=O) groups excluding carboxylic acids is 1. The molecule has 7 nitrogen and oxygen atoms in total. The Morgan fingerprint density at radius 1 is 1.42 bits per heavy atom. The number of nitrogens with one attached hydrogen (secondary N) is 1. The number of hydrogen-bond acceptors (Lipinski definition) is 4. The third kappa shape index (κ3) is 3.17. The van der Waals surface area contributed by atoms with E-state index in [2.05, 4.69) is 10.4 Å². The first-order valence-electron chi connectivity index (χ1n) is 7.76. The van der Waals surface area contributed by atoms with E-state index in [1.807, 2.05) is 0 Å². The molecule has 1 aromatic heterocycles. The lowest BCUT2D eigenvalue weighted by molar-refractivity contribution is 0.0930. The monoisotopic (exact) mass is 350 g/mol. The van der Waals surface area contributed by atoms with Crippen LogP contribution in [0, 0.1) is 0 Å². The fourth-order valence-corrected chi connectivity index (χ4v) is 3.13. The molecule has 8 heteroatoms. The fourth-order valence-electron chi connectivity index (χ4n) is 2.96. The molecule has 0 saturated carbocycles. The van der Waals surface area contributed by atoms with Gasteiger partial charge in [0.05, 0.1) is 12.7 Å². The van der Waals surface area contributed by atoms with Gasteiger partial charge in [0.15, 0.2) is 0 Å². The molecule has 0 aliphatic carbocycles. The third-order valence-corrected chi connectivity index (χ3v) is 4.48. The van der Waals surface area contributed by atoms with Gasteiger partial charge in [-0.3, -0.25) is 9.36 Å². The normalized spacial score (nSPS) is 17.0. The molecule has 1 atom stereocenters. The quantitative estimate of drug-likeness (QED) is 0.907. The highest BCUT2D eigenvalue weighted by molar-refractivity contribution is 6.31. The molecule has 2 aromatic rings. The molecule has 2 heterocycles. The third-order valence-electron chi connectivity index (χ3n) is 4.24. The Morgan fingerprint density at radius 3 is 2.96 bits per heavy atom. The summed E-state index contributed by atoms with van der Waals surface area (Å²) in [6.45, 7) is 0.541. The number of halogens is 1. The van der Waals surface area contributed by atoms with Crippen LogP contribution in [0.15, 0.2) is 23.0 Å². The second-order valence-electron chi connectivity index (χ2n) is 5.82. The molecule has 1 aliphatic rings. The lowest BCUT2D eigenvalue weighted by Gasteiger charge is -2.17. The highest BCUT2D eigenvalue weighted by Gasteiger charge is 2.23. The smallest absolute Gasteiger partial charge is 0.345 e. The average Bonchev–Trinajstić information content (AvgIpc) is 2.72. The van der Waals surface area contributed by atoms with E-state index in [0.717, 1.165) is 12.2 Å². The molecule has 0 saturated heterocycles. The minimum absolute atomic E-state index is 0.0346. The number of benzene rings is 1. The second kappa shape index (κ2) is 6.68. The fraction of sp³-hybridized carbons (Fsp3) is 0.438. The van der Waals surface area contributed by atoms with Crippen LogP contribution in [0.1, 0.15) is 29.0 Å². The van der Waals surface area contributed by atoms with Crippen molar-refractivity contribution in [3.05, 3.63) is 45.1 Å². The van der Waals surface area contributed by atoms with Gasteiger partial charge in [-0.25, -0.2) is 9.48 Å². The van der Waals surface area contributed by atoms with Crippen molar-refractivity contribution >= 4 is 17.5 Å². The second-order valence-corrected chi connectivity index (χ2v) is 6.25. The van der Waals surface area contributed by atoms with E-state index in [4.69, 9.17) is 16.3 Å². The van der Waals surface area contributed by atoms with Gasteiger partial charge in [0.25, 0.3) is 5.91 Å². The first-order chi connectivity index (χ1) is 11.5. The van der Waals surface area contributed by atoms with Gasteiger partial charge in [-0.15, -0.1) is 0 Å². The summed E-state index contributed by atoms with van der Waals surface area (Å²) in [5.41, 5.74) is 0.288. The van der Waals surface area contributed by atoms with E-state index < -0.39 is 0 Å². The minimum Gasteiger partial charge on any atom is -0.496 e. The summed E-state index contributed by atoms with van der Waals surface area (Å²) in [4.78, 5) is 24.5. The van der Waals surface area contributed by atoms with Crippen LogP contribution in [0.4, 0.5) is 0 Å². The summed E-state index contributed by atoms with van der Waals surface area (Å²) in [7, 11) is 3.16. The molecule has 0 radical (unpaired) electrons. The van der Waals surface area contributed by atoms with Crippen molar-refractivity contribution in [3.8, 4) is 5.75 Å². The summed E-state index contributed by atoms with van der Waals surface area (Å²) in [5, 5.41) is 7.72. The van der Waals surface area contributed by atoms with Gasteiger partial charge in [-0.05, 0) is 31.0 Å². The number of aryl methyl sites for hydroxylation is 2. The molecule has 1 unspecified atom stereocenters. The number of nitrogens with zero attached hydrogens (tertiary/aromatic N) is 3.